The van der Waals surface area contributed by atoms with Crippen LogP contribution in [0.1, 0.15) is 12.5 Å². The van der Waals surface area contributed by atoms with Crippen LogP contribution < -0.4 is 5.32 Å². The summed E-state index contributed by atoms with van der Waals surface area (Å²) in [7, 11) is 0. The van der Waals surface area contributed by atoms with Crippen molar-refractivity contribution < 1.29 is 0 Å². The van der Waals surface area contributed by atoms with Crippen molar-refractivity contribution in [1.29, 1.82) is 0 Å². The Kier molecular flexibility index (Phi) is 5.58. The van der Waals surface area contributed by atoms with Crippen LogP contribution in [0.4, 0.5) is 0 Å². The van der Waals surface area contributed by atoms with Crippen molar-refractivity contribution >= 4 is 24.0 Å². The molecule has 1 aliphatic rings. The molecule has 7 heteroatoms. The van der Waals surface area contributed by atoms with Gasteiger partial charge in [0.1, 0.15) is 12.7 Å². The summed E-state index contributed by atoms with van der Waals surface area (Å²) in [6.07, 6.45) is 3.24. The number of nitrogens with one attached hydrogen (secondary N) is 1. The summed E-state index contributed by atoms with van der Waals surface area (Å²) >= 11 is 6.12. The smallest absolute Gasteiger partial charge is 0.138 e. The van der Waals surface area contributed by atoms with Gasteiger partial charge >= 0.3 is 0 Å². The van der Waals surface area contributed by atoms with E-state index < -0.39 is 0 Å². The van der Waals surface area contributed by atoms with E-state index >= 15 is 0 Å². The van der Waals surface area contributed by atoms with Crippen molar-refractivity contribution in [2.75, 3.05) is 19.6 Å². The first-order valence-electron chi connectivity index (χ1n) is 6.82. The molecule has 21 heavy (non-hydrogen) atoms. The Labute approximate surface area is 135 Å². The lowest BCUT2D eigenvalue weighted by atomic mass is 10.1. The summed E-state index contributed by atoms with van der Waals surface area (Å²) in [4.78, 5) is 6.49. The molecule has 1 saturated heterocycles. The van der Waals surface area contributed by atoms with Gasteiger partial charge in [0.15, 0.2) is 0 Å². The van der Waals surface area contributed by atoms with E-state index in [0.29, 0.717) is 11.1 Å². The van der Waals surface area contributed by atoms with Crippen LogP contribution in [0.2, 0.25) is 5.02 Å². The van der Waals surface area contributed by atoms with Gasteiger partial charge < -0.3 is 5.32 Å². The first kappa shape index (κ1) is 16.2. The highest BCUT2D eigenvalue weighted by Gasteiger charge is 2.19. The second kappa shape index (κ2) is 7.22. The quantitative estimate of drug-likeness (QED) is 0.938. The van der Waals surface area contributed by atoms with E-state index in [9.17, 15) is 0 Å². The largest absolute Gasteiger partial charge is 0.314 e. The van der Waals surface area contributed by atoms with Gasteiger partial charge in [-0.2, -0.15) is 5.10 Å². The first-order valence-corrected chi connectivity index (χ1v) is 7.20. The van der Waals surface area contributed by atoms with E-state index in [1.807, 2.05) is 12.1 Å². The van der Waals surface area contributed by atoms with Gasteiger partial charge in [-0.05, 0) is 24.6 Å². The SMILES string of the molecule is C[C@H]1CNCCN1Cc1ccc(Cl)cc1-n1cncn1.Cl. The molecule has 5 nitrogen and oxygen atoms in total. The molecule has 114 valence electrons. The van der Waals surface area contributed by atoms with Gasteiger partial charge in [-0.15, -0.1) is 12.4 Å². The zero-order valence-electron chi connectivity index (χ0n) is 11.9. The Balaban J connectivity index is 0.00000161. The predicted octanol–water partition coefficient (Wildman–Crippen LogP) is 2.14. The van der Waals surface area contributed by atoms with Gasteiger partial charge in [0, 0.05) is 37.2 Å². The number of piperazine rings is 1. The summed E-state index contributed by atoms with van der Waals surface area (Å²) in [6.45, 7) is 6.27. The third-order valence-corrected chi connectivity index (χ3v) is 3.96. The Morgan fingerprint density at radius 3 is 3.00 bits per heavy atom. The molecule has 0 bridgehead atoms. The average Bonchev–Trinajstić information content (AvgIpc) is 2.97. The number of aromatic nitrogens is 3. The standard InChI is InChI=1S/C14H18ClN5.ClH/c1-11-7-16-4-5-19(11)8-12-2-3-13(15)6-14(12)20-10-17-9-18-20;/h2-3,6,9-11,16H,4-5,7-8H2,1H3;1H/t11-;/m0./s1. The molecule has 1 aliphatic heterocycles. The lowest BCUT2D eigenvalue weighted by Crippen LogP contribution is -2.49. The number of benzene rings is 1. The summed E-state index contributed by atoms with van der Waals surface area (Å²) in [5.74, 6) is 0. The van der Waals surface area contributed by atoms with Gasteiger partial charge in [0.05, 0.1) is 5.69 Å². The van der Waals surface area contributed by atoms with Crippen molar-refractivity contribution in [2.45, 2.75) is 19.5 Å². The molecule has 0 spiro atoms. The maximum Gasteiger partial charge on any atom is 0.138 e. The Hall–Kier alpha value is -1.14. The molecular weight excluding hydrogens is 309 g/mol. The van der Waals surface area contributed by atoms with Crippen molar-refractivity contribution in [1.82, 2.24) is 25.0 Å². The molecule has 0 unspecified atom stereocenters. The molecule has 0 saturated carbocycles. The third kappa shape index (κ3) is 3.74. The van der Waals surface area contributed by atoms with E-state index in [4.69, 9.17) is 11.6 Å². The number of hydrogen-bond donors (Lipinski definition) is 1. The topological polar surface area (TPSA) is 46.0 Å². The van der Waals surface area contributed by atoms with Gasteiger partial charge in [0.2, 0.25) is 0 Å². The zero-order valence-corrected chi connectivity index (χ0v) is 13.4. The van der Waals surface area contributed by atoms with Crippen molar-refractivity contribution in [3.63, 3.8) is 0 Å². The summed E-state index contributed by atoms with van der Waals surface area (Å²) in [5.41, 5.74) is 2.22. The second-order valence-electron chi connectivity index (χ2n) is 5.14. The highest BCUT2D eigenvalue weighted by molar-refractivity contribution is 6.30. The minimum absolute atomic E-state index is 0. The molecule has 0 amide bonds. The molecule has 2 heterocycles. The molecule has 1 fully saturated rings. The molecular formula is C14H19Cl2N5. The molecule has 1 aromatic heterocycles. The molecule has 1 aromatic carbocycles. The Bertz CT molecular complexity index is 573. The monoisotopic (exact) mass is 327 g/mol. The van der Waals surface area contributed by atoms with Crippen LogP contribution in [0, 0.1) is 0 Å². The van der Waals surface area contributed by atoms with Crippen LogP contribution in [0.5, 0.6) is 0 Å². The van der Waals surface area contributed by atoms with E-state index in [1.165, 1.54) is 11.9 Å². The number of nitrogens with zero attached hydrogens (tertiary/aromatic N) is 4. The van der Waals surface area contributed by atoms with Crippen molar-refractivity contribution in [3.05, 3.63) is 41.4 Å². The third-order valence-electron chi connectivity index (χ3n) is 3.73. The molecule has 0 radical (unpaired) electrons. The van der Waals surface area contributed by atoms with Crippen LogP contribution in [-0.4, -0.2) is 45.3 Å². The fourth-order valence-electron chi connectivity index (χ4n) is 2.55. The highest BCUT2D eigenvalue weighted by Crippen LogP contribution is 2.21. The minimum atomic E-state index is 0. The molecule has 3 rings (SSSR count). The number of hydrogen-bond acceptors (Lipinski definition) is 4. The van der Waals surface area contributed by atoms with Crippen molar-refractivity contribution in [3.8, 4) is 5.69 Å². The zero-order chi connectivity index (χ0) is 13.9. The van der Waals surface area contributed by atoms with Gasteiger partial charge in [0.25, 0.3) is 0 Å². The molecule has 1 atom stereocenters. The highest BCUT2D eigenvalue weighted by atomic mass is 35.5. The van der Waals surface area contributed by atoms with E-state index in [-0.39, 0.29) is 12.4 Å². The lowest BCUT2D eigenvalue weighted by Gasteiger charge is -2.34. The summed E-state index contributed by atoms with van der Waals surface area (Å²) in [6, 6.07) is 6.49. The normalized spacial score (nSPS) is 19.2. The van der Waals surface area contributed by atoms with Gasteiger partial charge in [-0.1, -0.05) is 17.7 Å². The van der Waals surface area contributed by atoms with E-state index in [2.05, 4.69) is 33.3 Å². The fraction of sp³-hybridized carbons (Fsp3) is 0.429. The Morgan fingerprint density at radius 2 is 2.29 bits per heavy atom. The average molecular weight is 328 g/mol. The summed E-state index contributed by atoms with van der Waals surface area (Å²) in [5, 5.41) is 8.34. The minimum Gasteiger partial charge on any atom is -0.314 e. The van der Waals surface area contributed by atoms with Crippen molar-refractivity contribution in [2.24, 2.45) is 0 Å². The fourth-order valence-corrected chi connectivity index (χ4v) is 2.72. The Morgan fingerprint density at radius 1 is 1.43 bits per heavy atom. The lowest BCUT2D eigenvalue weighted by molar-refractivity contribution is 0.165. The van der Waals surface area contributed by atoms with Crippen LogP contribution in [0.3, 0.4) is 0 Å². The maximum absolute atomic E-state index is 6.12. The van der Waals surface area contributed by atoms with E-state index in [0.717, 1.165) is 31.9 Å². The molecule has 0 aliphatic carbocycles. The number of rotatable bonds is 3. The summed E-state index contributed by atoms with van der Waals surface area (Å²) < 4.78 is 1.77. The van der Waals surface area contributed by atoms with Gasteiger partial charge in [-0.25, -0.2) is 9.67 Å². The maximum atomic E-state index is 6.12. The molecule has 1 N–H and O–H groups in total. The molecule has 2 aromatic rings. The van der Waals surface area contributed by atoms with Crippen LogP contribution in [0.25, 0.3) is 5.69 Å². The van der Waals surface area contributed by atoms with Crippen LogP contribution in [-0.2, 0) is 6.54 Å². The predicted molar refractivity (Wildman–Crippen MR) is 86.4 cm³/mol. The van der Waals surface area contributed by atoms with Crippen LogP contribution >= 0.6 is 24.0 Å². The number of halogens is 2. The first-order chi connectivity index (χ1) is 9.74. The van der Waals surface area contributed by atoms with Gasteiger partial charge in [-0.3, -0.25) is 4.90 Å². The second-order valence-corrected chi connectivity index (χ2v) is 5.57. The van der Waals surface area contributed by atoms with Crippen LogP contribution in [0.15, 0.2) is 30.9 Å². The van der Waals surface area contributed by atoms with E-state index in [1.54, 1.807) is 11.0 Å².